The van der Waals surface area contributed by atoms with Gasteiger partial charge in [0.2, 0.25) is 0 Å². The third kappa shape index (κ3) is 2.90. The molecule has 0 spiro atoms. The minimum absolute atomic E-state index is 0.107. The summed E-state index contributed by atoms with van der Waals surface area (Å²) in [4.78, 5) is 8.10. The van der Waals surface area contributed by atoms with Gasteiger partial charge in [-0.2, -0.15) is 4.98 Å². The van der Waals surface area contributed by atoms with Gasteiger partial charge in [0.25, 0.3) is 0 Å². The first-order valence-corrected chi connectivity index (χ1v) is 5.92. The maximum absolute atomic E-state index is 9.02. The summed E-state index contributed by atoms with van der Waals surface area (Å²) in [6, 6.07) is 5.04. The highest BCUT2D eigenvalue weighted by Gasteiger charge is 2.08. The van der Waals surface area contributed by atoms with Crippen LogP contribution in [0.25, 0.3) is 0 Å². The van der Waals surface area contributed by atoms with Crippen LogP contribution in [0.4, 0.5) is 0 Å². The van der Waals surface area contributed by atoms with Gasteiger partial charge in [0.15, 0.2) is 5.75 Å². The number of aryl methyl sites for hydroxylation is 1. The number of rotatable bonds is 3. The Labute approximate surface area is 114 Å². The van der Waals surface area contributed by atoms with E-state index in [-0.39, 0.29) is 12.6 Å². The first-order chi connectivity index (χ1) is 8.60. The predicted octanol–water partition coefficient (Wildman–Crippen LogP) is 3.38. The lowest BCUT2D eigenvalue weighted by Crippen LogP contribution is -1.98. The standard InChI is InChI=1S/C12H10Cl2N2O2/c1-7-8(6-17)5-15-12(16-7)18-11-4-9(13)2-3-10(11)14/h2-5,17H,6H2,1H3. The van der Waals surface area contributed by atoms with Gasteiger partial charge in [-0.25, -0.2) is 4.98 Å². The van der Waals surface area contributed by atoms with Gasteiger partial charge in [-0.05, 0) is 19.1 Å². The molecule has 6 heteroatoms. The zero-order valence-corrected chi connectivity index (χ0v) is 11.0. The van der Waals surface area contributed by atoms with E-state index < -0.39 is 0 Å². The minimum Gasteiger partial charge on any atom is -0.423 e. The van der Waals surface area contributed by atoms with E-state index in [1.807, 2.05) is 0 Å². The normalized spacial score (nSPS) is 10.4. The largest absolute Gasteiger partial charge is 0.423 e. The van der Waals surface area contributed by atoms with Crippen LogP contribution in [0, 0.1) is 6.92 Å². The van der Waals surface area contributed by atoms with Gasteiger partial charge in [-0.15, -0.1) is 0 Å². The summed E-state index contributed by atoms with van der Waals surface area (Å²) >= 11 is 11.8. The smallest absolute Gasteiger partial charge is 0.322 e. The first-order valence-electron chi connectivity index (χ1n) is 5.16. The summed E-state index contributed by atoms with van der Waals surface area (Å²) in [5, 5.41) is 9.96. The van der Waals surface area contributed by atoms with Crippen molar-refractivity contribution < 1.29 is 9.84 Å². The summed E-state index contributed by atoms with van der Waals surface area (Å²) in [6.07, 6.45) is 1.51. The topological polar surface area (TPSA) is 55.2 Å². The van der Waals surface area contributed by atoms with E-state index in [4.69, 9.17) is 33.0 Å². The highest BCUT2D eigenvalue weighted by Crippen LogP contribution is 2.30. The second kappa shape index (κ2) is 5.52. The van der Waals surface area contributed by atoms with Crippen molar-refractivity contribution >= 4 is 23.2 Å². The molecule has 0 bridgehead atoms. The number of benzene rings is 1. The highest BCUT2D eigenvalue weighted by atomic mass is 35.5. The molecule has 0 aliphatic heterocycles. The van der Waals surface area contributed by atoms with Gasteiger partial charge in [-0.3, -0.25) is 0 Å². The molecule has 0 fully saturated rings. The van der Waals surface area contributed by atoms with Crippen LogP contribution < -0.4 is 4.74 Å². The van der Waals surface area contributed by atoms with Crippen LogP contribution >= 0.6 is 23.2 Å². The van der Waals surface area contributed by atoms with Crippen molar-refractivity contribution in [1.29, 1.82) is 0 Å². The second-order valence-electron chi connectivity index (χ2n) is 3.60. The monoisotopic (exact) mass is 284 g/mol. The molecular formula is C12H10Cl2N2O2. The Morgan fingerprint density at radius 1 is 1.33 bits per heavy atom. The third-order valence-corrected chi connectivity index (χ3v) is 2.87. The molecule has 0 amide bonds. The Balaban J connectivity index is 2.28. The first kappa shape index (κ1) is 13.1. The lowest BCUT2D eigenvalue weighted by atomic mass is 10.3. The zero-order valence-electron chi connectivity index (χ0n) is 9.52. The Hall–Kier alpha value is -1.36. The van der Waals surface area contributed by atoms with E-state index in [0.717, 1.165) is 0 Å². The maximum atomic E-state index is 9.02. The fourth-order valence-electron chi connectivity index (χ4n) is 1.33. The van der Waals surface area contributed by atoms with Crippen molar-refractivity contribution in [3.63, 3.8) is 0 Å². The molecule has 2 rings (SSSR count). The lowest BCUT2D eigenvalue weighted by Gasteiger charge is -2.07. The number of aliphatic hydroxyl groups excluding tert-OH is 1. The van der Waals surface area contributed by atoms with Gasteiger partial charge in [0, 0.05) is 22.8 Å². The van der Waals surface area contributed by atoms with Crippen molar-refractivity contribution in [3.05, 3.63) is 45.7 Å². The van der Waals surface area contributed by atoms with Gasteiger partial charge < -0.3 is 9.84 Å². The van der Waals surface area contributed by atoms with Crippen molar-refractivity contribution in [2.24, 2.45) is 0 Å². The Bertz CT molecular complexity index is 576. The summed E-state index contributed by atoms with van der Waals surface area (Å²) in [5.74, 6) is 0.389. The average molecular weight is 285 g/mol. The van der Waals surface area contributed by atoms with Crippen molar-refractivity contribution in [2.75, 3.05) is 0 Å². The number of nitrogens with zero attached hydrogens (tertiary/aromatic N) is 2. The fourth-order valence-corrected chi connectivity index (χ4v) is 1.65. The van der Waals surface area contributed by atoms with E-state index in [2.05, 4.69) is 9.97 Å². The predicted molar refractivity (Wildman–Crippen MR) is 69.2 cm³/mol. The van der Waals surface area contributed by atoms with Crippen LogP contribution in [-0.2, 0) is 6.61 Å². The number of aromatic nitrogens is 2. The average Bonchev–Trinajstić information content (AvgIpc) is 2.34. The Kier molecular flexibility index (Phi) is 4.01. The molecule has 1 aromatic carbocycles. The van der Waals surface area contributed by atoms with E-state index in [9.17, 15) is 0 Å². The Morgan fingerprint density at radius 3 is 2.78 bits per heavy atom. The maximum Gasteiger partial charge on any atom is 0.322 e. The minimum atomic E-state index is -0.107. The SMILES string of the molecule is Cc1nc(Oc2cc(Cl)ccc2Cl)ncc1CO. The molecule has 0 aliphatic carbocycles. The van der Waals surface area contributed by atoms with Crippen molar-refractivity contribution in [3.8, 4) is 11.8 Å². The number of halogens is 2. The summed E-state index contributed by atoms with van der Waals surface area (Å²) < 4.78 is 5.45. The van der Waals surface area contributed by atoms with Gasteiger partial charge in [-0.1, -0.05) is 23.2 Å². The van der Waals surface area contributed by atoms with Gasteiger partial charge >= 0.3 is 6.01 Å². The number of ether oxygens (including phenoxy) is 1. The van der Waals surface area contributed by atoms with Crippen molar-refractivity contribution in [2.45, 2.75) is 13.5 Å². The summed E-state index contributed by atoms with van der Waals surface area (Å²) in [5.41, 5.74) is 1.31. The summed E-state index contributed by atoms with van der Waals surface area (Å²) in [6.45, 7) is 1.66. The van der Waals surface area contributed by atoms with Crippen LogP contribution in [0.5, 0.6) is 11.8 Å². The Morgan fingerprint density at radius 2 is 2.11 bits per heavy atom. The van der Waals surface area contributed by atoms with Crippen LogP contribution in [-0.4, -0.2) is 15.1 Å². The zero-order chi connectivity index (χ0) is 13.1. The van der Waals surface area contributed by atoms with Crippen LogP contribution in [0.2, 0.25) is 10.0 Å². The third-order valence-electron chi connectivity index (χ3n) is 2.32. The summed E-state index contributed by atoms with van der Waals surface area (Å²) in [7, 11) is 0. The molecule has 0 atom stereocenters. The van der Waals surface area contributed by atoms with E-state index in [1.54, 1.807) is 25.1 Å². The lowest BCUT2D eigenvalue weighted by molar-refractivity contribution is 0.279. The molecule has 1 N–H and O–H groups in total. The molecule has 0 saturated heterocycles. The number of aliphatic hydroxyl groups is 1. The molecular weight excluding hydrogens is 275 g/mol. The number of hydrogen-bond acceptors (Lipinski definition) is 4. The van der Waals surface area contributed by atoms with E-state index in [1.165, 1.54) is 6.20 Å². The van der Waals surface area contributed by atoms with Crippen LogP contribution in [0.1, 0.15) is 11.3 Å². The van der Waals surface area contributed by atoms with Crippen LogP contribution in [0.3, 0.4) is 0 Å². The molecule has 1 heterocycles. The molecule has 1 aromatic heterocycles. The molecule has 4 nitrogen and oxygen atoms in total. The molecule has 94 valence electrons. The highest BCUT2D eigenvalue weighted by molar-refractivity contribution is 6.34. The molecule has 0 unspecified atom stereocenters. The fraction of sp³-hybridized carbons (Fsp3) is 0.167. The van der Waals surface area contributed by atoms with Crippen LogP contribution in [0.15, 0.2) is 24.4 Å². The molecule has 18 heavy (non-hydrogen) atoms. The van der Waals surface area contributed by atoms with Gasteiger partial charge in [0.1, 0.15) is 0 Å². The molecule has 0 radical (unpaired) electrons. The molecule has 0 aliphatic rings. The van der Waals surface area contributed by atoms with Gasteiger partial charge in [0.05, 0.1) is 17.3 Å². The quantitative estimate of drug-likeness (QED) is 0.939. The van der Waals surface area contributed by atoms with E-state index >= 15 is 0 Å². The molecule has 2 aromatic rings. The number of hydrogen-bond donors (Lipinski definition) is 1. The molecule has 0 saturated carbocycles. The van der Waals surface area contributed by atoms with E-state index in [0.29, 0.717) is 27.1 Å². The van der Waals surface area contributed by atoms with Crippen molar-refractivity contribution in [1.82, 2.24) is 9.97 Å². The second-order valence-corrected chi connectivity index (χ2v) is 4.44.